The Morgan fingerprint density at radius 2 is 1.65 bits per heavy atom. The number of likely N-dealkylation sites (tertiary alicyclic amines) is 1. The van der Waals surface area contributed by atoms with Crippen molar-refractivity contribution < 1.29 is 9.53 Å². The molecule has 0 saturated carbocycles. The second-order valence-electron chi connectivity index (χ2n) is 7.36. The summed E-state index contributed by atoms with van der Waals surface area (Å²) in [5, 5.41) is 0.696. The molecule has 1 aliphatic rings. The average Bonchev–Trinajstić information content (AvgIpc) is 2.63. The van der Waals surface area contributed by atoms with Gasteiger partial charge in [0.2, 0.25) is 0 Å². The Morgan fingerprint density at radius 3 is 2.19 bits per heavy atom. The van der Waals surface area contributed by atoms with E-state index in [0.29, 0.717) is 23.7 Å². The van der Waals surface area contributed by atoms with Gasteiger partial charge in [0.1, 0.15) is 11.9 Å². The quantitative estimate of drug-likeness (QED) is 0.874. The predicted octanol–water partition coefficient (Wildman–Crippen LogP) is 4.22. The molecule has 3 rings (SSSR count). The van der Waals surface area contributed by atoms with Crippen LogP contribution in [0.5, 0.6) is 5.75 Å². The zero-order valence-corrected chi connectivity index (χ0v) is 16.0. The van der Waals surface area contributed by atoms with Gasteiger partial charge >= 0.3 is 0 Å². The van der Waals surface area contributed by atoms with Crippen molar-refractivity contribution in [3.63, 3.8) is 0 Å². The summed E-state index contributed by atoms with van der Waals surface area (Å²) in [5.74, 6) is 0.885. The number of ether oxygens (including phenoxy) is 1. The van der Waals surface area contributed by atoms with Gasteiger partial charge in [-0.2, -0.15) is 0 Å². The van der Waals surface area contributed by atoms with E-state index in [1.54, 1.807) is 0 Å². The number of nitrogens with zero attached hydrogens (tertiary/aromatic N) is 1. The lowest BCUT2D eigenvalue weighted by molar-refractivity contribution is 0.0595. The van der Waals surface area contributed by atoms with E-state index < -0.39 is 5.54 Å². The maximum absolute atomic E-state index is 12.7. The number of hydrogen-bond donors (Lipinski definition) is 1. The van der Waals surface area contributed by atoms with Crippen LogP contribution in [0.25, 0.3) is 0 Å². The van der Waals surface area contributed by atoms with Crippen LogP contribution in [0.1, 0.15) is 42.6 Å². The molecule has 0 spiro atoms. The van der Waals surface area contributed by atoms with E-state index in [0.717, 1.165) is 24.2 Å². The SMILES string of the molecule is CC(C)(N)c1ccc(C(=O)N2CCC(Oc3ccc(Cl)cc3)CC2)cc1. The fourth-order valence-electron chi connectivity index (χ4n) is 3.11. The van der Waals surface area contributed by atoms with E-state index in [1.165, 1.54) is 0 Å². The molecule has 5 heteroatoms. The summed E-state index contributed by atoms with van der Waals surface area (Å²) in [5.41, 5.74) is 7.41. The third-order valence-electron chi connectivity index (χ3n) is 4.72. The molecule has 1 aliphatic heterocycles. The highest BCUT2D eigenvalue weighted by atomic mass is 35.5. The van der Waals surface area contributed by atoms with E-state index >= 15 is 0 Å². The minimum absolute atomic E-state index is 0.0660. The van der Waals surface area contributed by atoms with Crippen LogP contribution in [0.15, 0.2) is 48.5 Å². The van der Waals surface area contributed by atoms with Crippen molar-refractivity contribution in [1.29, 1.82) is 0 Å². The Labute approximate surface area is 159 Å². The number of benzene rings is 2. The summed E-state index contributed by atoms with van der Waals surface area (Å²) in [6, 6.07) is 15.0. The van der Waals surface area contributed by atoms with Crippen LogP contribution in [-0.4, -0.2) is 30.0 Å². The molecule has 1 fully saturated rings. The van der Waals surface area contributed by atoms with Gasteiger partial charge in [0.25, 0.3) is 5.91 Å². The second kappa shape index (κ2) is 7.68. The zero-order valence-electron chi connectivity index (χ0n) is 15.2. The maximum atomic E-state index is 12.7. The Morgan fingerprint density at radius 1 is 1.08 bits per heavy atom. The molecular formula is C21H25ClN2O2. The monoisotopic (exact) mass is 372 g/mol. The highest BCUT2D eigenvalue weighted by Crippen LogP contribution is 2.23. The number of rotatable bonds is 4. The lowest BCUT2D eigenvalue weighted by atomic mass is 9.94. The minimum Gasteiger partial charge on any atom is -0.490 e. The third kappa shape index (κ3) is 4.57. The van der Waals surface area contributed by atoms with Gasteiger partial charge in [0, 0.05) is 42.1 Å². The molecular weight excluding hydrogens is 348 g/mol. The number of carbonyl (C=O) groups is 1. The summed E-state index contributed by atoms with van der Waals surface area (Å²) < 4.78 is 5.99. The van der Waals surface area contributed by atoms with E-state index in [4.69, 9.17) is 22.1 Å². The molecule has 0 unspecified atom stereocenters. The van der Waals surface area contributed by atoms with Crippen molar-refractivity contribution in [2.24, 2.45) is 5.73 Å². The van der Waals surface area contributed by atoms with Crippen LogP contribution in [0.4, 0.5) is 0 Å². The van der Waals surface area contributed by atoms with Gasteiger partial charge < -0.3 is 15.4 Å². The van der Waals surface area contributed by atoms with Gasteiger partial charge in [-0.15, -0.1) is 0 Å². The summed E-state index contributed by atoms with van der Waals surface area (Å²) in [4.78, 5) is 14.6. The van der Waals surface area contributed by atoms with Crippen molar-refractivity contribution in [2.75, 3.05) is 13.1 Å². The summed E-state index contributed by atoms with van der Waals surface area (Å²) in [7, 11) is 0. The van der Waals surface area contributed by atoms with E-state index in [9.17, 15) is 4.79 Å². The van der Waals surface area contributed by atoms with Gasteiger partial charge in [0.15, 0.2) is 0 Å². The second-order valence-corrected chi connectivity index (χ2v) is 7.80. The van der Waals surface area contributed by atoms with Gasteiger partial charge in [-0.25, -0.2) is 0 Å². The fraction of sp³-hybridized carbons (Fsp3) is 0.381. The molecule has 1 amide bonds. The topological polar surface area (TPSA) is 55.6 Å². The molecule has 2 N–H and O–H groups in total. The first kappa shape index (κ1) is 18.7. The van der Waals surface area contributed by atoms with Crippen LogP contribution in [0.2, 0.25) is 5.02 Å². The molecule has 2 aromatic rings. The van der Waals surface area contributed by atoms with E-state index in [2.05, 4.69) is 0 Å². The number of nitrogens with two attached hydrogens (primary N) is 1. The Bertz CT molecular complexity index is 743. The summed E-state index contributed by atoms with van der Waals surface area (Å²) in [6.07, 6.45) is 1.77. The van der Waals surface area contributed by atoms with Crippen molar-refractivity contribution in [1.82, 2.24) is 4.90 Å². The minimum atomic E-state index is -0.404. The first-order valence-corrected chi connectivity index (χ1v) is 9.31. The number of piperidine rings is 1. The van der Waals surface area contributed by atoms with Crippen molar-refractivity contribution in [3.05, 3.63) is 64.7 Å². The fourth-order valence-corrected chi connectivity index (χ4v) is 3.23. The molecule has 1 saturated heterocycles. The number of carbonyl (C=O) groups excluding carboxylic acids is 1. The smallest absolute Gasteiger partial charge is 0.253 e. The molecule has 0 aliphatic carbocycles. The largest absolute Gasteiger partial charge is 0.490 e. The van der Waals surface area contributed by atoms with Gasteiger partial charge in [-0.3, -0.25) is 4.79 Å². The summed E-state index contributed by atoms with van der Waals surface area (Å²) in [6.45, 7) is 5.30. The molecule has 26 heavy (non-hydrogen) atoms. The molecule has 0 atom stereocenters. The molecule has 4 nitrogen and oxygen atoms in total. The highest BCUT2D eigenvalue weighted by Gasteiger charge is 2.25. The van der Waals surface area contributed by atoms with Gasteiger partial charge in [-0.05, 0) is 55.8 Å². The predicted molar refractivity (Wildman–Crippen MR) is 105 cm³/mol. The Balaban J connectivity index is 1.55. The number of hydrogen-bond acceptors (Lipinski definition) is 3. The van der Waals surface area contributed by atoms with Crippen LogP contribution >= 0.6 is 11.6 Å². The lowest BCUT2D eigenvalue weighted by Crippen LogP contribution is -2.41. The molecule has 138 valence electrons. The van der Waals surface area contributed by atoms with Gasteiger partial charge in [-0.1, -0.05) is 23.7 Å². The van der Waals surface area contributed by atoms with E-state index in [1.807, 2.05) is 67.3 Å². The normalized spacial score (nSPS) is 15.8. The van der Waals surface area contributed by atoms with Crippen LogP contribution < -0.4 is 10.5 Å². The maximum Gasteiger partial charge on any atom is 0.253 e. The molecule has 2 aromatic carbocycles. The lowest BCUT2D eigenvalue weighted by Gasteiger charge is -2.32. The Hall–Kier alpha value is -2.04. The third-order valence-corrected chi connectivity index (χ3v) is 4.97. The van der Waals surface area contributed by atoms with Crippen LogP contribution in [0, 0.1) is 0 Å². The first-order chi connectivity index (χ1) is 12.3. The van der Waals surface area contributed by atoms with Crippen molar-refractivity contribution in [3.8, 4) is 5.75 Å². The first-order valence-electron chi connectivity index (χ1n) is 8.94. The zero-order chi connectivity index (χ0) is 18.7. The van der Waals surface area contributed by atoms with E-state index in [-0.39, 0.29) is 12.0 Å². The Kier molecular flexibility index (Phi) is 5.54. The molecule has 0 aromatic heterocycles. The van der Waals surface area contributed by atoms with Crippen LogP contribution in [-0.2, 0) is 5.54 Å². The van der Waals surface area contributed by atoms with Crippen LogP contribution in [0.3, 0.4) is 0 Å². The number of amides is 1. The molecule has 0 radical (unpaired) electrons. The summed E-state index contributed by atoms with van der Waals surface area (Å²) >= 11 is 5.89. The standard InChI is InChI=1S/C21H25ClN2O2/c1-21(2,23)16-5-3-15(4-6-16)20(25)24-13-11-19(12-14-24)26-18-9-7-17(22)8-10-18/h3-10,19H,11-14,23H2,1-2H3. The van der Waals surface area contributed by atoms with Crippen molar-refractivity contribution >= 4 is 17.5 Å². The number of halogens is 1. The molecule has 0 bridgehead atoms. The average molecular weight is 373 g/mol. The molecule has 1 heterocycles. The van der Waals surface area contributed by atoms with Crippen molar-refractivity contribution in [2.45, 2.75) is 38.3 Å². The van der Waals surface area contributed by atoms with Gasteiger partial charge in [0.05, 0.1) is 0 Å². The highest BCUT2D eigenvalue weighted by molar-refractivity contribution is 6.30.